The van der Waals surface area contributed by atoms with E-state index in [2.05, 4.69) is 33.8 Å². The minimum atomic E-state index is -1.47. The number of ether oxygens (including phenoxy) is 1. The summed E-state index contributed by atoms with van der Waals surface area (Å²) in [6, 6.07) is 29.6. The predicted octanol–water partition coefficient (Wildman–Crippen LogP) is 7.02. The SMILES string of the molecule is COc1nc2ccc(C(O)(c3ccc(N(C)C)cc3)c3cccnc3)cc2c(Cl)c1Cc1ccc(-n2cccc2)cc1. The van der Waals surface area contributed by atoms with E-state index in [4.69, 9.17) is 21.3 Å². The fourth-order valence-electron chi connectivity index (χ4n) is 5.36. The van der Waals surface area contributed by atoms with Crippen LogP contribution >= 0.6 is 11.6 Å². The first kappa shape index (κ1) is 27.5. The van der Waals surface area contributed by atoms with E-state index in [1.807, 2.05) is 98.1 Å². The Kier molecular flexibility index (Phi) is 7.42. The van der Waals surface area contributed by atoms with Gasteiger partial charge in [0, 0.05) is 73.2 Å². The first-order valence-corrected chi connectivity index (χ1v) is 14.1. The van der Waals surface area contributed by atoms with E-state index in [-0.39, 0.29) is 0 Å². The highest BCUT2D eigenvalue weighted by Crippen LogP contribution is 2.41. The number of benzene rings is 3. The number of anilines is 1. The molecular weight excluding hydrogens is 544 g/mol. The van der Waals surface area contributed by atoms with Crippen LogP contribution in [0.4, 0.5) is 5.69 Å². The Balaban J connectivity index is 1.45. The van der Waals surface area contributed by atoms with Crippen LogP contribution < -0.4 is 9.64 Å². The molecule has 3 heterocycles. The number of rotatable bonds is 8. The second-order valence-corrected chi connectivity index (χ2v) is 10.9. The molecule has 6 aromatic rings. The summed E-state index contributed by atoms with van der Waals surface area (Å²) in [6.07, 6.45) is 7.97. The lowest BCUT2D eigenvalue weighted by Crippen LogP contribution is -2.29. The van der Waals surface area contributed by atoms with Gasteiger partial charge in [-0.05, 0) is 71.3 Å². The molecule has 0 aliphatic carbocycles. The molecule has 0 radical (unpaired) electrons. The van der Waals surface area contributed by atoms with Crippen molar-refractivity contribution in [1.82, 2.24) is 14.5 Å². The summed E-state index contributed by atoms with van der Waals surface area (Å²) in [5.74, 6) is 0.483. The minimum Gasteiger partial charge on any atom is -0.481 e. The van der Waals surface area contributed by atoms with Crippen LogP contribution in [0, 0.1) is 0 Å². The first-order valence-electron chi connectivity index (χ1n) is 13.7. The monoisotopic (exact) mass is 574 g/mol. The second kappa shape index (κ2) is 11.3. The molecule has 1 atom stereocenters. The Bertz CT molecular complexity index is 1820. The fraction of sp³-hybridized carbons (Fsp3) is 0.143. The van der Waals surface area contributed by atoms with Gasteiger partial charge >= 0.3 is 0 Å². The van der Waals surface area contributed by atoms with E-state index in [1.54, 1.807) is 19.5 Å². The third-order valence-electron chi connectivity index (χ3n) is 7.69. The maximum atomic E-state index is 12.5. The van der Waals surface area contributed by atoms with Crippen molar-refractivity contribution in [3.8, 4) is 11.6 Å². The number of methoxy groups -OCH3 is 1. The molecule has 3 aromatic carbocycles. The van der Waals surface area contributed by atoms with Gasteiger partial charge in [0.1, 0.15) is 5.60 Å². The zero-order valence-electron chi connectivity index (χ0n) is 23.7. The molecule has 3 aromatic heterocycles. The molecule has 0 saturated carbocycles. The fourth-order valence-corrected chi connectivity index (χ4v) is 5.66. The average Bonchev–Trinajstić information content (AvgIpc) is 3.58. The number of hydrogen-bond donors (Lipinski definition) is 1. The number of halogens is 1. The molecule has 0 amide bonds. The van der Waals surface area contributed by atoms with Crippen LogP contribution in [0.25, 0.3) is 16.6 Å². The number of hydrogen-bond acceptors (Lipinski definition) is 5. The van der Waals surface area contributed by atoms with Crippen molar-refractivity contribution in [2.45, 2.75) is 12.0 Å². The molecule has 0 saturated heterocycles. The van der Waals surface area contributed by atoms with Crippen LogP contribution in [0.1, 0.15) is 27.8 Å². The highest BCUT2D eigenvalue weighted by atomic mass is 35.5. The van der Waals surface area contributed by atoms with E-state index in [0.717, 1.165) is 33.5 Å². The molecular formula is C35H31ClN4O2. The third-order valence-corrected chi connectivity index (χ3v) is 8.12. The van der Waals surface area contributed by atoms with Gasteiger partial charge in [-0.2, -0.15) is 0 Å². The lowest BCUT2D eigenvalue weighted by atomic mass is 9.80. The zero-order chi connectivity index (χ0) is 29.3. The summed E-state index contributed by atoms with van der Waals surface area (Å²) in [7, 11) is 5.59. The average molecular weight is 575 g/mol. The van der Waals surface area contributed by atoms with Gasteiger partial charge in [-0.1, -0.05) is 48.0 Å². The molecule has 7 heteroatoms. The maximum absolute atomic E-state index is 12.5. The van der Waals surface area contributed by atoms with Crippen molar-refractivity contribution in [2.75, 3.05) is 26.1 Å². The quantitative estimate of drug-likeness (QED) is 0.212. The van der Waals surface area contributed by atoms with Gasteiger partial charge in [0.25, 0.3) is 0 Å². The standard InChI is InChI=1S/C35H31ClN4O2/c1-39(2)28-15-10-25(11-16-28)35(41,27-7-6-18-37-23-27)26-12-17-32-30(22-26)33(36)31(34(38-32)42-3)21-24-8-13-29(14-9-24)40-19-4-5-20-40/h4-20,22-23,41H,21H2,1-3H3. The second-order valence-electron chi connectivity index (χ2n) is 10.5. The van der Waals surface area contributed by atoms with Gasteiger partial charge in [0.05, 0.1) is 17.6 Å². The Morgan fingerprint density at radius 1 is 0.881 bits per heavy atom. The van der Waals surface area contributed by atoms with Gasteiger partial charge in [-0.25, -0.2) is 4.98 Å². The van der Waals surface area contributed by atoms with Gasteiger partial charge in [-0.3, -0.25) is 4.98 Å². The number of aromatic nitrogens is 3. The Morgan fingerprint density at radius 2 is 1.60 bits per heavy atom. The van der Waals surface area contributed by atoms with Crippen LogP contribution in [0.3, 0.4) is 0 Å². The molecule has 0 spiro atoms. The Labute approximate surface area is 250 Å². The summed E-state index contributed by atoms with van der Waals surface area (Å²) in [5, 5.41) is 13.8. The predicted molar refractivity (Wildman–Crippen MR) is 169 cm³/mol. The maximum Gasteiger partial charge on any atom is 0.218 e. The van der Waals surface area contributed by atoms with Crippen LogP contribution in [0.2, 0.25) is 5.02 Å². The number of aliphatic hydroxyl groups is 1. The topological polar surface area (TPSA) is 63.4 Å². The molecule has 0 aliphatic heterocycles. The van der Waals surface area contributed by atoms with Gasteiger partial charge < -0.3 is 19.3 Å². The highest BCUT2D eigenvalue weighted by molar-refractivity contribution is 6.36. The number of fused-ring (bicyclic) bond motifs is 1. The first-order chi connectivity index (χ1) is 20.4. The van der Waals surface area contributed by atoms with Crippen molar-refractivity contribution in [2.24, 2.45) is 0 Å². The smallest absolute Gasteiger partial charge is 0.218 e. The summed E-state index contributed by atoms with van der Waals surface area (Å²) in [5.41, 5.74) is 5.25. The summed E-state index contributed by atoms with van der Waals surface area (Å²) in [4.78, 5) is 11.1. The molecule has 0 bridgehead atoms. The summed E-state index contributed by atoms with van der Waals surface area (Å²) >= 11 is 7.13. The summed E-state index contributed by atoms with van der Waals surface area (Å²) in [6.45, 7) is 0. The van der Waals surface area contributed by atoms with E-state index < -0.39 is 5.60 Å². The van der Waals surface area contributed by atoms with E-state index in [0.29, 0.717) is 34.0 Å². The number of nitrogens with zero attached hydrogens (tertiary/aromatic N) is 4. The van der Waals surface area contributed by atoms with Crippen LogP contribution in [-0.4, -0.2) is 40.8 Å². The normalized spacial score (nSPS) is 12.7. The largest absolute Gasteiger partial charge is 0.481 e. The lowest BCUT2D eigenvalue weighted by Gasteiger charge is -2.30. The van der Waals surface area contributed by atoms with Crippen LogP contribution in [0.5, 0.6) is 5.88 Å². The highest BCUT2D eigenvalue weighted by Gasteiger charge is 2.35. The Hall–Kier alpha value is -4.65. The molecule has 42 heavy (non-hydrogen) atoms. The number of pyridine rings is 2. The molecule has 6 nitrogen and oxygen atoms in total. The summed E-state index contributed by atoms with van der Waals surface area (Å²) < 4.78 is 7.76. The van der Waals surface area contributed by atoms with Crippen molar-refractivity contribution < 1.29 is 9.84 Å². The van der Waals surface area contributed by atoms with Crippen molar-refractivity contribution in [3.05, 3.63) is 149 Å². The van der Waals surface area contributed by atoms with Crippen LogP contribution in [0.15, 0.2) is 116 Å². The van der Waals surface area contributed by atoms with E-state index >= 15 is 0 Å². The Morgan fingerprint density at radius 3 is 2.24 bits per heavy atom. The van der Waals surface area contributed by atoms with Crippen molar-refractivity contribution >= 4 is 28.2 Å². The van der Waals surface area contributed by atoms with E-state index in [9.17, 15) is 5.11 Å². The van der Waals surface area contributed by atoms with Crippen LogP contribution in [-0.2, 0) is 12.0 Å². The van der Waals surface area contributed by atoms with Gasteiger partial charge in [-0.15, -0.1) is 0 Å². The van der Waals surface area contributed by atoms with Crippen molar-refractivity contribution in [3.63, 3.8) is 0 Å². The molecule has 210 valence electrons. The minimum absolute atomic E-state index is 0.483. The molecule has 0 fully saturated rings. The van der Waals surface area contributed by atoms with Gasteiger partial charge in [0.2, 0.25) is 5.88 Å². The van der Waals surface area contributed by atoms with E-state index in [1.165, 1.54) is 0 Å². The molecule has 0 aliphatic rings. The van der Waals surface area contributed by atoms with Gasteiger partial charge in [0.15, 0.2) is 0 Å². The molecule has 1 N–H and O–H groups in total. The van der Waals surface area contributed by atoms with Crippen molar-refractivity contribution in [1.29, 1.82) is 0 Å². The third kappa shape index (κ3) is 5.00. The molecule has 1 unspecified atom stereocenters. The zero-order valence-corrected chi connectivity index (χ0v) is 24.5. The lowest BCUT2D eigenvalue weighted by molar-refractivity contribution is 0.125. The molecule has 6 rings (SSSR count).